The monoisotopic (exact) mass is 461 g/mol. The van der Waals surface area contributed by atoms with E-state index in [9.17, 15) is 9.18 Å². The lowest BCUT2D eigenvalue weighted by atomic mass is 9.93. The summed E-state index contributed by atoms with van der Waals surface area (Å²) < 4.78 is 21.1. The molecule has 4 aromatic rings. The Labute approximate surface area is 195 Å². The zero-order valence-corrected chi connectivity index (χ0v) is 19.1. The minimum absolute atomic E-state index is 0.101. The summed E-state index contributed by atoms with van der Waals surface area (Å²) in [7, 11) is 0. The van der Waals surface area contributed by atoms with Crippen molar-refractivity contribution < 1.29 is 18.7 Å². The Morgan fingerprint density at radius 2 is 1.97 bits per heavy atom. The third kappa shape index (κ3) is 3.58. The molecule has 0 amide bonds. The van der Waals surface area contributed by atoms with Gasteiger partial charge in [-0.25, -0.2) is 4.39 Å². The van der Waals surface area contributed by atoms with Gasteiger partial charge in [-0.2, -0.15) is 0 Å². The van der Waals surface area contributed by atoms with Crippen molar-refractivity contribution in [1.29, 1.82) is 0 Å². The Morgan fingerprint density at radius 3 is 2.64 bits per heavy atom. The van der Waals surface area contributed by atoms with Crippen molar-refractivity contribution in [2.24, 2.45) is 5.92 Å². The number of hydrogen-bond donors (Lipinski definition) is 1. The highest BCUT2D eigenvalue weighted by Crippen LogP contribution is 2.55. The van der Waals surface area contributed by atoms with Crippen molar-refractivity contribution in [2.75, 3.05) is 13.1 Å². The van der Waals surface area contributed by atoms with Gasteiger partial charge in [-0.05, 0) is 67.3 Å². The van der Waals surface area contributed by atoms with Gasteiger partial charge < -0.3 is 9.52 Å². The van der Waals surface area contributed by atoms with Crippen LogP contribution in [0.3, 0.4) is 0 Å². The molecule has 2 fully saturated rings. The van der Waals surface area contributed by atoms with Gasteiger partial charge in [0, 0.05) is 40.2 Å². The fraction of sp³-hybridized carbons (Fsp3) is 0.296. The molecule has 6 rings (SSSR count). The van der Waals surface area contributed by atoms with Crippen LogP contribution in [-0.4, -0.2) is 29.1 Å². The summed E-state index contributed by atoms with van der Waals surface area (Å²) in [6.45, 7) is 3.71. The Kier molecular flexibility index (Phi) is 4.71. The molecular formula is C27H24FNO3S. The van der Waals surface area contributed by atoms with Gasteiger partial charge in [-0.15, -0.1) is 11.3 Å². The van der Waals surface area contributed by atoms with Crippen LogP contribution in [0, 0.1) is 18.7 Å². The van der Waals surface area contributed by atoms with Gasteiger partial charge in [0.15, 0.2) is 0 Å². The maximum absolute atomic E-state index is 15.0. The van der Waals surface area contributed by atoms with Crippen LogP contribution in [0.4, 0.5) is 4.39 Å². The first-order valence-electron chi connectivity index (χ1n) is 11.3. The smallest absolute Gasteiger partial charge is 0.309 e. The summed E-state index contributed by atoms with van der Waals surface area (Å²) in [4.78, 5) is 15.7. The molecule has 0 radical (unpaired) electrons. The van der Waals surface area contributed by atoms with Crippen LogP contribution >= 0.6 is 11.3 Å². The molecule has 2 aliphatic rings. The SMILES string of the molecule is Cc1ccc(C2(c3ccc4cc(-c5ccc(CN6CC(C(=O)O)C6)cc5F)oc4c3)CC2)s1. The highest BCUT2D eigenvalue weighted by molar-refractivity contribution is 7.12. The highest BCUT2D eigenvalue weighted by Gasteiger charge is 2.47. The van der Waals surface area contributed by atoms with E-state index in [4.69, 9.17) is 9.52 Å². The van der Waals surface area contributed by atoms with Crippen LogP contribution < -0.4 is 0 Å². The molecule has 2 aromatic heterocycles. The van der Waals surface area contributed by atoms with Crippen molar-refractivity contribution >= 4 is 28.3 Å². The number of furan rings is 1. The van der Waals surface area contributed by atoms with Crippen LogP contribution in [0.2, 0.25) is 0 Å². The molecule has 168 valence electrons. The average Bonchev–Trinajstić information content (AvgIpc) is 3.26. The number of fused-ring (bicyclic) bond motifs is 1. The normalized spacial score (nSPS) is 17.9. The van der Waals surface area contributed by atoms with Gasteiger partial charge in [-0.3, -0.25) is 9.69 Å². The predicted octanol–water partition coefficient (Wildman–Crippen LogP) is 6.21. The molecule has 0 unspecified atom stereocenters. The molecule has 1 aliphatic heterocycles. The molecule has 1 aliphatic carbocycles. The van der Waals surface area contributed by atoms with Gasteiger partial charge >= 0.3 is 5.97 Å². The Bertz CT molecular complexity index is 1380. The van der Waals surface area contributed by atoms with Crippen LogP contribution in [0.5, 0.6) is 0 Å². The molecule has 1 saturated heterocycles. The van der Waals surface area contributed by atoms with E-state index in [0.29, 0.717) is 31.0 Å². The number of aryl methyl sites for hydroxylation is 1. The van der Waals surface area contributed by atoms with E-state index < -0.39 is 5.97 Å². The number of benzene rings is 2. The number of carboxylic acids is 1. The second kappa shape index (κ2) is 7.54. The summed E-state index contributed by atoms with van der Waals surface area (Å²) in [6, 6.07) is 17.9. The first kappa shape index (κ1) is 20.6. The van der Waals surface area contributed by atoms with Crippen LogP contribution in [-0.2, 0) is 16.8 Å². The molecule has 0 spiro atoms. The van der Waals surface area contributed by atoms with E-state index >= 15 is 0 Å². The number of halogens is 1. The zero-order chi connectivity index (χ0) is 22.7. The molecule has 3 heterocycles. The first-order chi connectivity index (χ1) is 15.9. The van der Waals surface area contributed by atoms with Gasteiger partial charge in [0.1, 0.15) is 17.2 Å². The number of hydrogen-bond acceptors (Lipinski definition) is 4. The number of likely N-dealkylation sites (tertiary alicyclic amines) is 1. The number of carbonyl (C=O) groups is 1. The summed E-state index contributed by atoms with van der Waals surface area (Å²) >= 11 is 1.86. The standard InChI is InChI=1S/C27H24FNO3S/c1-16-2-7-25(33-16)27(8-9-27)20-5-4-18-11-24(32-23(18)12-20)21-6-3-17(10-22(21)28)13-29-14-19(15-29)26(30)31/h2-7,10-12,19H,8-9,13-15H2,1H3,(H,30,31). The molecule has 1 saturated carbocycles. The summed E-state index contributed by atoms with van der Waals surface area (Å²) in [5, 5.41) is 9.98. The van der Waals surface area contributed by atoms with Gasteiger partial charge in [0.05, 0.1) is 11.5 Å². The van der Waals surface area contributed by atoms with Crippen molar-refractivity contribution in [3.63, 3.8) is 0 Å². The minimum Gasteiger partial charge on any atom is -0.481 e. The largest absolute Gasteiger partial charge is 0.481 e. The summed E-state index contributed by atoms with van der Waals surface area (Å²) in [6.07, 6.45) is 2.29. The molecule has 0 atom stereocenters. The van der Waals surface area contributed by atoms with Crippen molar-refractivity contribution in [3.8, 4) is 11.3 Å². The van der Waals surface area contributed by atoms with E-state index in [0.717, 1.165) is 29.4 Å². The third-order valence-electron chi connectivity index (χ3n) is 7.05. The van der Waals surface area contributed by atoms with E-state index in [-0.39, 0.29) is 17.2 Å². The quantitative estimate of drug-likeness (QED) is 0.371. The van der Waals surface area contributed by atoms with Crippen molar-refractivity contribution in [2.45, 2.75) is 31.7 Å². The van der Waals surface area contributed by atoms with Gasteiger partial charge in [0.25, 0.3) is 0 Å². The number of thiophene rings is 1. The number of nitrogens with zero attached hydrogens (tertiary/aromatic N) is 1. The summed E-state index contributed by atoms with van der Waals surface area (Å²) in [5.74, 6) is -0.875. The lowest BCUT2D eigenvalue weighted by Gasteiger charge is -2.36. The highest BCUT2D eigenvalue weighted by atomic mass is 32.1. The van der Waals surface area contributed by atoms with Crippen molar-refractivity contribution in [3.05, 3.63) is 81.3 Å². The Morgan fingerprint density at radius 1 is 1.15 bits per heavy atom. The number of aliphatic carboxylic acids is 1. The fourth-order valence-electron chi connectivity index (χ4n) is 4.93. The van der Waals surface area contributed by atoms with Crippen LogP contribution in [0.1, 0.15) is 33.7 Å². The van der Waals surface area contributed by atoms with Crippen LogP contribution in [0.15, 0.2) is 59.0 Å². The molecule has 0 bridgehead atoms. The lowest BCUT2D eigenvalue weighted by molar-refractivity contribution is -0.147. The Hall–Kier alpha value is -2.96. The second-order valence-electron chi connectivity index (χ2n) is 9.40. The molecule has 4 nitrogen and oxygen atoms in total. The molecule has 1 N–H and O–H groups in total. The Balaban J connectivity index is 1.25. The molecule has 2 aromatic carbocycles. The second-order valence-corrected chi connectivity index (χ2v) is 10.7. The van der Waals surface area contributed by atoms with Crippen LogP contribution in [0.25, 0.3) is 22.3 Å². The third-order valence-corrected chi connectivity index (χ3v) is 8.25. The molecule has 6 heteroatoms. The average molecular weight is 462 g/mol. The topological polar surface area (TPSA) is 53.7 Å². The van der Waals surface area contributed by atoms with E-state index in [2.05, 4.69) is 37.3 Å². The fourth-order valence-corrected chi connectivity index (χ4v) is 6.06. The maximum atomic E-state index is 15.0. The predicted molar refractivity (Wildman–Crippen MR) is 127 cm³/mol. The molecular weight excluding hydrogens is 437 g/mol. The lowest BCUT2D eigenvalue weighted by Crippen LogP contribution is -2.49. The number of rotatable bonds is 6. The minimum atomic E-state index is -0.765. The number of carboxylic acid groups (broad SMARTS) is 1. The van der Waals surface area contributed by atoms with E-state index in [1.807, 2.05) is 28.4 Å². The zero-order valence-electron chi connectivity index (χ0n) is 18.3. The van der Waals surface area contributed by atoms with Gasteiger partial charge in [0.2, 0.25) is 0 Å². The van der Waals surface area contributed by atoms with E-state index in [1.54, 1.807) is 6.07 Å². The van der Waals surface area contributed by atoms with E-state index in [1.165, 1.54) is 21.4 Å². The molecule has 33 heavy (non-hydrogen) atoms. The first-order valence-corrected chi connectivity index (χ1v) is 12.1. The maximum Gasteiger partial charge on any atom is 0.309 e. The van der Waals surface area contributed by atoms with Crippen molar-refractivity contribution in [1.82, 2.24) is 4.90 Å². The van der Waals surface area contributed by atoms with Gasteiger partial charge in [-0.1, -0.05) is 18.2 Å². The summed E-state index contributed by atoms with van der Waals surface area (Å²) in [5.41, 5.74) is 3.43.